The highest BCUT2D eigenvalue weighted by Crippen LogP contribution is 2.29. The highest BCUT2D eigenvalue weighted by molar-refractivity contribution is 9.10. The monoisotopic (exact) mass is 251 g/mol. The van der Waals surface area contributed by atoms with Gasteiger partial charge in [-0.05, 0) is 13.0 Å². The van der Waals surface area contributed by atoms with Gasteiger partial charge in [0.25, 0.3) is 6.43 Å². The molecule has 0 saturated heterocycles. The Labute approximate surface area is 82.7 Å². The number of alkyl halides is 2. The molecule has 1 aromatic heterocycles. The molecule has 13 heavy (non-hydrogen) atoms. The second kappa shape index (κ2) is 4.11. The summed E-state index contributed by atoms with van der Waals surface area (Å²) < 4.78 is 25.1. The molecular weight excluding hydrogens is 244 g/mol. The van der Waals surface area contributed by atoms with Crippen LogP contribution < -0.4 is 0 Å². The third-order valence-corrected chi connectivity index (χ3v) is 2.29. The highest BCUT2D eigenvalue weighted by atomic mass is 79.9. The highest BCUT2D eigenvalue weighted by Gasteiger charge is 2.16. The van der Waals surface area contributed by atoms with Gasteiger partial charge in [0.1, 0.15) is 0 Å². The average Bonchev–Trinajstić information content (AvgIpc) is 2.02. The van der Waals surface area contributed by atoms with Crippen LogP contribution in [0.1, 0.15) is 23.4 Å². The van der Waals surface area contributed by atoms with Gasteiger partial charge in [-0.15, -0.1) is 0 Å². The third kappa shape index (κ3) is 2.22. The standard InChI is InChI=1S/C8H8BrF2NO/c1-4-7(8(10)11)6(9)2-5(3-13)12-4/h2,8,13H,3H2,1H3. The quantitative estimate of drug-likeness (QED) is 0.877. The lowest BCUT2D eigenvalue weighted by Gasteiger charge is -2.08. The lowest BCUT2D eigenvalue weighted by molar-refractivity contribution is 0.149. The van der Waals surface area contributed by atoms with Gasteiger partial charge in [0.2, 0.25) is 0 Å². The van der Waals surface area contributed by atoms with Crippen LogP contribution in [0.25, 0.3) is 0 Å². The van der Waals surface area contributed by atoms with Crippen LogP contribution in [0, 0.1) is 6.92 Å². The first kappa shape index (κ1) is 10.5. The first-order valence-electron chi connectivity index (χ1n) is 3.61. The topological polar surface area (TPSA) is 33.1 Å². The summed E-state index contributed by atoms with van der Waals surface area (Å²) in [5.41, 5.74) is 0.513. The molecule has 72 valence electrons. The van der Waals surface area contributed by atoms with E-state index in [4.69, 9.17) is 5.11 Å². The van der Waals surface area contributed by atoms with Gasteiger partial charge in [-0.1, -0.05) is 15.9 Å². The van der Waals surface area contributed by atoms with Crippen molar-refractivity contribution in [2.24, 2.45) is 0 Å². The van der Waals surface area contributed by atoms with Crippen molar-refractivity contribution in [3.05, 3.63) is 27.5 Å². The molecule has 0 aliphatic rings. The minimum atomic E-state index is -2.55. The van der Waals surface area contributed by atoms with E-state index >= 15 is 0 Å². The van der Waals surface area contributed by atoms with Crippen LogP contribution in [0.5, 0.6) is 0 Å². The lowest BCUT2D eigenvalue weighted by atomic mass is 10.2. The number of hydrogen-bond acceptors (Lipinski definition) is 2. The molecule has 2 nitrogen and oxygen atoms in total. The summed E-state index contributed by atoms with van der Waals surface area (Å²) in [7, 11) is 0. The Morgan fingerprint density at radius 3 is 2.62 bits per heavy atom. The van der Waals surface area contributed by atoms with Crippen LogP contribution in [0.3, 0.4) is 0 Å². The third-order valence-electron chi connectivity index (χ3n) is 1.63. The summed E-state index contributed by atoms with van der Waals surface area (Å²) in [5.74, 6) is 0. The maximum absolute atomic E-state index is 12.4. The van der Waals surface area contributed by atoms with E-state index in [1.807, 2.05) is 0 Å². The van der Waals surface area contributed by atoms with E-state index in [1.54, 1.807) is 0 Å². The summed E-state index contributed by atoms with van der Waals surface area (Å²) in [5, 5.41) is 8.75. The molecule has 0 saturated carbocycles. The summed E-state index contributed by atoms with van der Waals surface area (Å²) in [6.45, 7) is 1.24. The molecule has 0 spiro atoms. The molecule has 0 unspecified atom stereocenters. The van der Waals surface area contributed by atoms with Crippen molar-refractivity contribution in [3.63, 3.8) is 0 Å². The van der Waals surface area contributed by atoms with E-state index in [2.05, 4.69) is 20.9 Å². The van der Waals surface area contributed by atoms with Crippen molar-refractivity contribution in [2.45, 2.75) is 20.0 Å². The largest absolute Gasteiger partial charge is 0.390 e. The number of aliphatic hydroxyl groups excluding tert-OH is 1. The molecule has 0 aliphatic carbocycles. The van der Waals surface area contributed by atoms with E-state index in [-0.39, 0.29) is 17.9 Å². The molecule has 0 atom stereocenters. The fourth-order valence-corrected chi connectivity index (χ4v) is 1.77. The normalized spacial score (nSPS) is 10.9. The molecule has 0 radical (unpaired) electrons. The number of aliphatic hydroxyl groups is 1. The van der Waals surface area contributed by atoms with Crippen LogP contribution in [0.2, 0.25) is 0 Å². The Balaban J connectivity index is 3.23. The number of pyridine rings is 1. The van der Waals surface area contributed by atoms with Gasteiger partial charge in [-0.25, -0.2) is 8.78 Å². The number of halogens is 3. The van der Waals surface area contributed by atoms with Gasteiger partial charge in [0.15, 0.2) is 0 Å². The molecule has 1 aromatic rings. The van der Waals surface area contributed by atoms with Crippen molar-refractivity contribution < 1.29 is 13.9 Å². The maximum Gasteiger partial charge on any atom is 0.266 e. The summed E-state index contributed by atoms with van der Waals surface area (Å²) in [6, 6.07) is 1.40. The molecular formula is C8H8BrF2NO. The zero-order chi connectivity index (χ0) is 10.0. The molecule has 0 amide bonds. The van der Waals surface area contributed by atoms with Gasteiger partial charge in [0.05, 0.1) is 17.9 Å². The Morgan fingerprint density at radius 1 is 1.62 bits per heavy atom. The van der Waals surface area contributed by atoms with E-state index in [9.17, 15) is 8.78 Å². The number of aromatic nitrogens is 1. The van der Waals surface area contributed by atoms with E-state index in [0.29, 0.717) is 10.2 Å². The minimum Gasteiger partial charge on any atom is -0.390 e. The summed E-state index contributed by atoms with van der Waals surface area (Å²) in [6.07, 6.45) is -2.55. The van der Waals surface area contributed by atoms with Crippen LogP contribution in [-0.4, -0.2) is 10.1 Å². The summed E-state index contributed by atoms with van der Waals surface area (Å²) in [4.78, 5) is 3.81. The fraction of sp³-hybridized carbons (Fsp3) is 0.375. The zero-order valence-corrected chi connectivity index (χ0v) is 8.48. The van der Waals surface area contributed by atoms with E-state index in [1.165, 1.54) is 13.0 Å². The number of rotatable bonds is 2. The Hall–Kier alpha value is -0.550. The van der Waals surface area contributed by atoms with Gasteiger partial charge < -0.3 is 5.11 Å². The SMILES string of the molecule is Cc1nc(CO)cc(Br)c1C(F)F. The van der Waals surface area contributed by atoms with Gasteiger partial charge >= 0.3 is 0 Å². The number of aryl methyl sites for hydroxylation is 1. The zero-order valence-electron chi connectivity index (χ0n) is 6.89. The molecule has 1 rings (SSSR count). The smallest absolute Gasteiger partial charge is 0.266 e. The molecule has 0 aromatic carbocycles. The van der Waals surface area contributed by atoms with Crippen molar-refractivity contribution in [3.8, 4) is 0 Å². The number of nitrogens with zero attached hydrogens (tertiary/aromatic N) is 1. The van der Waals surface area contributed by atoms with Gasteiger partial charge in [-0.3, -0.25) is 4.98 Å². The molecule has 5 heteroatoms. The van der Waals surface area contributed by atoms with Gasteiger partial charge in [0, 0.05) is 10.2 Å². The predicted molar refractivity (Wildman–Crippen MR) is 47.6 cm³/mol. The van der Waals surface area contributed by atoms with Crippen molar-refractivity contribution in [2.75, 3.05) is 0 Å². The second-order valence-corrected chi connectivity index (χ2v) is 3.41. The van der Waals surface area contributed by atoms with E-state index < -0.39 is 6.43 Å². The van der Waals surface area contributed by atoms with E-state index in [0.717, 1.165) is 0 Å². The molecule has 1 N–H and O–H groups in total. The van der Waals surface area contributed by atoms with Crippen LogP contribution in [0.4, 0.5) is 8.78 Å². The predicted octanol–water partition coefficient (Wildman–Crippen LogP) is 2.58. The molecule has 1 heterocycles. The Morgan fingerprint density at radius 2 is 2.23 bits per heavy atom. The fourth-order valence-electron chi connectivity index (χ4n) is 1.05. The molecule has 0 aliphatic heterocycles. The lowest BCUT2D eigenvalue weighted by Crippen LogP contribution is -1.99. The molecule has 0 bridgehead atoms. The van der Waals surface area contributed by atoms with Crippen LogP contribution in [0.15, 0.2) is 10.5 Å². The van der Waals surface area contributed by atoms with Crippen molar-refractivity contribution in [1.29, 1.82) is 0 Å². The minimum absolute atomic E-state index is 0.114. The number of hydrogen-bond donors (Lipinski definition) is 1. The van der Waals surface area contributed by atoms with Crippen LogP contribution >= 0.6 is 15.9 Å². The first-order chi connectivity index (χ1) is 6.06. The van der Waals surface area contributed by atoms with Gasteiger partial charge in [-0.2, -0.15) is 0 Å². The first-order valence-corrected chi connectivity index (χ1v) is 4.40. The Bertz CT molecular complexity index is 294. The molecule has 0 fully saturated rings. The maximum atomic E-state index is 12.4. The average molecular weight is 252 g/mol. The second-order valence-electron chi connectivity index (χ2n) is 2.55. The van der Waals surface area contributed by atoms with Crippen LogP contribution in [-0.2, 0) is 6.61 Å². The van der Waals surface area contributed by atoms with Crippen molar-refractivity contribution >= 4 is 15.9 Å². The Kier molecular flexibility index (Phi) is 3.33. The summed E-state index contributed by atoms with van der Waals surface area (Å²) >= 11 is 3.01. The van der Waals surface area contributed by atoms with Crippen molar-refractivity contribution in [1.82, 2.24) is 4.98 Å².